The number of anilines is 1. The lowest BCUT2D eigenvalue weighted by molar-refractivity contribution is 0.109. The van der Waals surface area contributed by atoms with Crippen molar-refractivity contribution in [2.45, 2.75) is 64.0 Å². The van der Waals surface area contributed by atoms with Crippen molar-refractivity contribution in [2.75, 3.05) is 25.4 Å². The van der Waals surface area contributed by atoms with Crippen LogP contribution in [0.1, 0.15) is 51.4 Å². The van der Waals surface area contributed by atoms with E-state index < -0.39 is 0 Å². The predicted octanol–water partition coefficient (Wildman–Crippen LogP) is 1.90. The fourth-order valence-electron chi connectivity index (χ4n) is 3.72. The minimum Gasteiger partial charge on any atom is -0.460 e. The number of rotatable bonds is 7. The third-order valence-corrected chi connectivity index (χ3v) is 5.51. The first kappa shape index (κ1) is 17.3. The number of aryl methyl sites for hydroxylation is 1. The zero-order valence-corrected chi connectivity index (χ0v) is 15.2. The summed E-state index contributed by atoms with van der Waals surface area (Å²) in [6.45, 7) is 4.15. The lowest BCUT2D eigenvalue weighted by Gasteiger charge is -2.26. The van der Waals surface area contributed by atoms with Crippen LogP contribution in [-0.4, -0.2) is 50.2 Å². The minimum atomic E-state index is -0.181. The smallest absolute Gasteiger partial charge is 0.327 e. The van der Waals surface area contributed by atoms with Crippen molar-refractivity contribution in [1.29, 1.82) is 0 Å². The Balaban J connectivity index is 1.43. The highest BCUT2D eigenvalue weighted by Crippen LogP contribution is 2.25. The summed E-state index contributed by atoms with van der Waals surface area (Å²) in [5.74, 6) is 0.272. The zero-order chi connectivity index (χ0) is 17.9. The second-order valence-electron chi connectivity index (χ2n) is 7.45. The fourth-order valence-corrected chi connectivity index (χ4v) is 3.72. The van der Waals surface area contributed by atoms with E-state index in [4.69, 9.17) is 10.5 Å². The van der Waals surface area contributed by atoms with E-state index in [1.165, 1.54) is 38.8 Å². The number of hydrogen-bond acceptors (Lipinski definition) is 6. The molecule has 26 heavy (non-hydrogen) atoms. The van der Waals surface area contributed by atoms with Crippen molar-refractivity contribution in [3.8, 4) is 6.01 Å². The van der Waals surface area contributed by atoms with Crippen LogP contribution < -0.4 is 16.2 Å². The van der Waals surface area contributed by atoms with Gasteiger partial charge in [0, 0.05) is 6.54 Å². The molecule has 0 aromatic carbocycles. The average molecular weight is 360 g/mol. The molecule has 4 rings (SSSR count). The van der Waals surface area contributed by atoms with E-state index in [-0.39, 0.29) is 23.6 Å². The van der Waals surface area contributed by atoms with Crippen molar-refractivity contribution in [3.63, 3.8) is 0 Å². The van der Waals surface area contributed by atoms with Crippen LogP contribution in [-0.2, 0) is 6.54 Å². The summed E-state index contributed by atoms with van der Waals surface area (Å²) in [4.78, 5) is 26.3. The second kappa shape index (κ2) is 7.65. The molecule has 1 saturated heterocycles. The highest BCUT2D eigenvalue weighted by molar-refractivity contribution is 5.81. The first-order chi connectivity index (χ1) is 12.7. The molecule has 8 heteroatoms. The number of nitrogens with two attached hydrogens (primary N) is 1. The molecule has 1 saturated carbocycles. The summed E-state index contributed by atoms with van der Waals surface area (Å²) in [5.41, 5.74) is 6.88. The summed E-state index contributed by atoms with van der Waals surface area (Å²) in [7, 11) is 0. The number of imidazole rings is 1. The molecular weight excluding hydrogens is 332 g/mol. The molecule has 0 unspecified atom stereocenters. The molecule has 142 valence electrons. The number of hydrogen-bond donors (Lipinski definition) is 2. The van der Waals surface area contributed by atoms with Crippen LogP contribution in [0.25, 0.3) is 11.2 Å². The van der Waals surface area contributed by atoms with E-state index in [9.17, 15) is 4.79 Å². The van der Waals surface area contributed by atoms with Gasteiger partial charge in [-0.05, 0) is 64.6 Å². The standard InChI is InChI=1S/C18H28N6O2/c19-15-14-16(22-17(21-15)26-13-7-6-8-13)24(18(25)20-14)12-5-4-11-23-9-2-1-3-10-23/h13H,1-12H2,(H,20,25)(H2,19,21,22). The molecule has 0 atom stereocenters. The fraction of sp³-hybridized carbons (Fsp3) is 0.722. The van der Waals surface area contributed by atoms with Crippen molar-refractivity contribution in [3.05, 3.63) is 10.5 Å². The second-order valence-corrected chi connectivity index (χ2v) is 7.45. The van der Waals surface area contributed by atoms with E-state index in [0.717, 1.165) is 32.2 Å². The van der Waals surface area contributed by atoms with Crippen LogP contribution >= 0.6 is 0 Å². The molecule has 2 aliphatic rings. The van der Waals surface area contributed by atoms with Gasteiger partial charge in [0.05, 0.1) is 0 Å². The Morgan fingerprint density at radius 3 is 2.58 bits per heavy atom. The molecule has 2 fully saturated rings. The molecule has 1 aliphatic heterocycles. The summed E-state index contributed by atoms with van der Waals surface area (Å²) in [5, 5.41) is 0. The Morgan fingerprint density at radius 1 is 1.08 bits per heavy atom. The van der Waals surface area contributed by atoms with Gasteiger partial charge >= 0.3 is 11.7 Å². The summed E-state index contributed by atoms with van der Waals surface area (Å²) >= 11 is 0. The molecule has 3 heterocycles. The molecular formula is C18H28N6O2. The summed E-state index contributed by atoms with van der Waals surface area (Å²) in [6.07, 6.45) is 9.38. The predicted molar refractivity (Wildman–Crippen MR) is 100 cm³/mol. The molecule has 1 aliphatic carbocycles. The SMILES string of the molecule is Nc1nc(OC2CCC2)nc2c1[nH]c(=O)n2CCCCN1CCCCC1. The number of unbranched alkanes of at least 4 members (excludes halogenated alkanes) is 1. The van der Waals surface area contributed by atoms with Crippen molar-refractivity contribution in [1.82, 2.24) is 24.4 Å². The maximum atomic E-state index is 12.3. The van der Waals surface area contributed by atoms with Gasteiger partial charge in [0.25, 0.3) is 0 Å². The molecule has 8 nitrogen and oxygen atoms in total. The average Bonchev–Trinajstić information content (AvgIpc) is 2.92. The number of fused-ring (bicyclic) bond motifs is 1. The highest BCUT2D eigenvalue weighted by atomic mass is 16.5. The third kappa shape index (κ3) is 3.70. The van der Waals surface area contributed by atoms with Gasteiger partial charge in [-0.15, -0.1) is 0 Å². The monoisotopic (exact) mass is 360 g/mol. The molecule has 0 amide bonds. The molecule has 0 radical (unpaired) electrons. The number of likely N-dealkylation sites (tertiary alicyclic amines) is 1. The molecule has 0 bridgehead atoms. The largest absolute Gasteiger partial charge is 0.460 e. The number of aromatic amines is 1. The lowest BCUT2D eigenvalue weighted by atomic mass is 9.96. The highest BCUT2D eigenvalue weighted by Gasteiger charge is 2.22. The maximum absolute atomic E-state index is 12.3. The molecule has 2 aromatic rings. The third-order valence-electron chi connectivity index (χ3n) is 5.51. The van der Waals surface area contributed by atoms with Gasteiger partial charge in [-0.3, -0.25) is 4.57 Å². The van der Waals surface area contributed by atoms with Gasteiger partial charge in [-0.25, -0.2) is 4.79 Å². The van der Waals surface area contributed by atoms with Gasteiger partial charge in [-0.1, -0.05) is 6.42 Å². The minimum absolute atomic E-state index is 0.176. The molecule has 0 spiro atoms. The Labute approximate surface area is 152 Å². The number of nitrogen functional groups attached to an aromatic ring is 1. The van der Waals surface area contributed by atoms with Crippen molar-refractivity contribution < 1.29 is 4.74 Å². The Kier molecular flexibility index (Phi) is 5.10. The Hall–Kier alpha value is -2.09. The number of nitrogens with one attached hydrogen (secondary N) is 1. The van der Waals surface area contributed by atoms with Crippen molar-refractivity contribution in [2.24, 2.45) is 0 Å². The molecule has 3 N–H and O–H groups in total. The topological polar surface area (TPSA) is 102 Å². The lowest BCUT2D eigenvalue weighted by Crippen LogP contribution is -2.30. The Morgan fingerprint density at radius 2 is 1.85 bits per heavy atom. The van der Waals surface area contributed by atoms with E-state index >= 15 is 0 Å². The van der Waals surface area contributed by atoms with Crippen LogP contribution in [0, 0.1) is 0 Å². The first-order valence-corrected chi connectivity index (χ1v) is 9.86. The quantitative estimate of drug-likeness (QED) is 0.731. The number of H-pyrrole nitrogens is 1. The van der Waals surface area contributed by atoms with Crippen molar-refractivity contribution >= 4 is 17.0 Å². The van der Waals surface area contributed by atoms with E-state index in [1.807, 2.05) is 0 Å². The van der Waals surface area contributed by atoms with Crippen LogP contribution in [0.15, 0.2) is 4.79 Å². The van der Waals surface area contributed by atoms with Crippen LogP contribution in [0.3, 0.4) is 0 Å². The van der Waals surface area contributed by atoms with Crippen LogP contribution in [0.2, 0.25) is 0 Å². The van der Waals surface area contributed by atoms with Crippen LogP contribution in [0.4, 0.5) is 5.82 Å². The van der Waals surface area contributed by atoms with Gasteiger partial charge < -0.3 is 20.4 Å². The van der Waals surface area contributed by atoms with Gasteiger partial charge in [0.1, 0.15) is 11.6 Å². The van der Waals surface area contributed by atoms with E-state index in [2.05, 4.69) is 19.9 Å². The number of piperidine rings is 1. The molecule has 2 aromatic heterocycles. The maximum Gasteiger partial charge on any atom is 0.327 e. The number of aromatic nitrogens is 4. The van der Waals surface area contributed by atoms with E-state index in [1.54, 1.807) is 4.57 Å². The summed E-state index contributed by atoms with van der Waals surface area (Å²) < 4.78 is 7.43. The number of ether oxygens (including phenoxy) is 1. The zero-order valence-electron chi connectivity index (χ0n) is 15.2. The van der Waals surface area contributed by atoms with Crippen LogP contribution in [0.5, 0.6) is 6.01 Å². The number of nitrogens with zero attached hydrogens (tertiary/aromatic N) is 4. The van der Waals surface area contributed by atoms with Gasteiger partial charge in [0.15, 0.2) is 11.5 Å². The van der Waals surface area contributed by atoms with Gasteiger partial charge in [0.2, 0.25) is 0 Å². The first-order valence-electron chi connectivity index (χ1n) is 9.86. The Bertz CT molecular complexity index is 804. The summed E-state index contributed by atoms with van der Waals surface area (Å²) in [6, 6.07) is 0.278. The van der Waals surface area contributed by atoms with Gasteiger partial charge in [-0.2, -0.15) is 9.97 Å². The normalized spacial score (nSPS) is 18.9. The van der Waals surface area contributed by atoms with E-state index in [0.29, 0.717) is 17.7 Å².